The molecule has 0 saturated heterocycles. The fraction of sp³-hybridized carbons (Fsp3) is 0.160. The Morgan fingerprint density at radius 2 is 1.91 bits per heavy atom. The topological polar surface area (TPSA) is 92.9 Å². The van der Waals surface area contributed by atoms with Crippen LogP contribution >= 0.6 is 11.3 Å². The van der Waals surface area contributed by atoms with Crippen LogP contribution in [-0.4, -0.2) is 28.9 Å². The van der Waals surface area contributed by atoms with E-state index in [2.05, 4.69) is 4.98 Å². The van der Waals surface area contributed by atoms with E-state index >= 15 is 0 Å². The molecule has 166 valence electrons. The Kier molecular flexibility index (Phi) is 5.02. The number of aliphatic hydroxyl groups excluding tert-OH is 1. The number of anilines is 1. The number of rotatable bonds is 5. The highest BCUT2D eigenvalue weighted by atomic mass is 32.1. The van der Waals surface area contributed by atoms with Crippen molar-refractivity contribution in [3.63, 3.8) is 0 Å². The number of nitrogens with zero attached hydrogens (tertiary/aromatic N) is 2. The maximum atomic E-state index is 13.7. The molecule has 0 radical (unpaired) electrons. The second-order valence-electron chi connectivity index (χ2n) is 7.71. The van der Waals surface area contributed by atoms with E-state index in [0.29, 0.717) is 27.4 Å². The van der Waals surface area contributed by atoms with Gasteiger partial charge in [0.05, 0.1) is 24.4 Å². The molecule has 5 rings (SSSR count). The molecule has 1 aliphatic heterocycles. The molecule has 0 bridgehead atoms. The number of hydrogen-bond donors (Lipinski definition) is 1. The summed E-state index contributed by atoms with van der Waals surface area (Å²) in [5, 5.41) is 12.0. The summed E-state index contributed by atoms with van der Waals surface area (Å²) in [7, 11) is 1.52. The van der Waals surface area contributed by atoms with Crippen LogP contribution in [0.4, 0.5) is 5.13 Å². The molecule has 1 unspecified atom stereocenters. The number of amides is 1. The van der Waals surface area contributed by atoms with E-state index in [0.717, 1.165) is 10.6 Å². The van der Waals surface area contributed by atoms with E-state index in [1.165, 1.54) is 23.3 Å². The van der Waals surface area contributed by atoms with Crippen LogP contribution in [0.2, 0.25) is 0 Å². The average Bonchev–Trinajstić information content (AvgIpc) is 3.48. The van der Waals surface area contributed by atoms with Gasteiger partial charge in [-0.3, -0.25) is 14.5 Å². The van der Waals surface area contributed by atoms with Crippen LogP contribution in [0.1, 0.15) is 32.7 Å². The summed E-state index contributed by atoms with van der Waals surface area (Å²) in [6.45, 7) is 3.77. The van der Waals surface area contributed by atoms with Gasteiger partial charge in [-0.05, 0) is 31.5 Å². The van der Waals surface area contributed by atoms with E-state index in [-0.39, 0.29) is 11.3 Å². The fourth-order valence-corrected chi connectivity index (χ4v) is 4.92. The van der Waals surface area contributed by atoms with E-state index in [4.69, 9.17) is 9.15 Å². The van der Waals surface area contributed by atoms with Gasteiger partial charge in [-0.25, -0.2) is 4.98 Å². The normalized spacial score (nSPS) is 16.2. The van der Waals surface area contributed by atoms with Gasteiger partial charge in [0.25, 0.3) is 5.91 Å². The van der Waals surface area contributed by atoms with Crippen LogP contribution in [0, 0.1) is 13.8 Å². The highest BCUT2D eigenvalue weighted by Crippen LogP contribution is 2.44. The Labute approximate surface area is 193 Å². The SMILES string of the molecule is COc1cccc2cc(C(=O)C3=C(O)C(=O)N(c4nc(C)c(C)s4)C3c3ccccc3)oc12. The van der Waals surface area contributed by atoms with E-state index < -0.39 is 23.5 Å². The van der Waals surface area contributed by atoms with Gasteiger partial charge in [-0.2, -0.15) is 0 Å². The summed E-state index contributed by atoms with van der Waals surface area (Å²) in [6.07, 6.45) is 0. The number of para-hydroxylation sites is 1. The van der Waals surface area contributed by atoms with Crippen LogP contribution in [0.25, 0.3) is 11.0 Å². The summed E-state index contributed by atoms with van der Waals surface area (Å²) in [4.78, 5) is 33.7. The molecule has 2 aromatic carbocycles. The Morgan fingerprint density at radius 3 is 2.58 bits per heavy atom. The van der Waals surface area contributed by atoms with Crippen molar-refractivity contribution in [1.29, 1.82) is 0 Å². The second-order valence-corrected chi connectivity index (χ2v) is 8.89. The number of carbonyl (C=O) groups excluding carboxylic acids is 2. The molecule has 7 nitrogen and oxygen atoms in total. The van der Waals surface area contributed by atoms with Crippen LogP contribution in [0.5, 0.6) is 5.75 Å². The lowest BCUT2D eigenvalue weighted by molar-refractivity contribution is -0.117. The van der Waals surface area contributed by atoms with Crippen molar-refractivity contribution >= 4 is 39.1 Å². The molecule has 1 atom stereocenters. The van der Waals surface area contributed by atoms with Gasteiger partial charge in [0, 0.05) is 10.3 Å². The molecular weight excluding hydrogens is 440 g/mol. The van der Waals surface area contributed by atoms with Crippen molar-refractivity contribution in [3.05, 3.63) is 87.8 Å². The van der Waals surface area contributed by atoms with Crippen molar-refractivity contribution in [1.82, 2.24) is 4.98 Å². The molecule has 0 fully saturated rings. The van der Waals surface area contributed by atoms with E-state index in [1.54, 1.807) is 24.3 Å². The van der Waals surface area contributed by atoms with Gasteiger partial charge < -0.3 is 14.3 Å². The second kappa shape index (κ2) is 7.90. The molecule has 0 aliphatic carbocycles. The van der Waals surface area contributed by atoms with Crippen molar-refractivity contribution in [2.24, 2.45) is 0 Å². The molecule has 1 amide bonds. The zero-order valence-electron chi connectivity index (χ0n) is 18.2. The number of fused-ring (bicyclic) bond motifs is 1. The summed E-state index contributed by atoms with van der Waals surface area (Å²) >= 11 is 1.34. The maximum absolute atomic E-state index is 13.7. The van der Waals surface area contributed by atoms with Crippen LogP contribution in [0.3, 0.4) is 0 Å². The lowest BCUT2D eigenvalue weighted by Crippen LogP contribution is -2.31. The zero-order valence-corrected chi connectivity index (χ0v) is 19.0. The number of furan rings is 1. The molecular formula is C25H20N2O5S. The number of ether oxygens (including phenoxy) is 1. The molecule has 2 aromatic heterocycles. The number of aromatic nitrogens is 1. The largest absolute Gasteiger partial charge is 0.503 e. The van der Waals surface area contributed by atoms with Crippen molar-refractivity contribution in [3.8, 4) is 5.75 Å². The monoisotopic (exact) mass is 460 g/mol. The number of ketones is 1. The summed E-state index contributed by atoms with van der Waals surface area (Å²) in [5.74, 6) is -1.35. The quantitative estimate of drug-likeness (QED) is 0.407. The highest BCUT2D eigenvalue weighted by Gasteiger charge is 2.46. The standard InChI is InChI=1S/C25H20N2O5S/c1-13-14(2)33-25(26-13)27-20(15-8-5-4-6-9-15)19(22(29)24(27)30)21(28)18-12-16-10-7-11-17(31-3)23(16)32-18/h4-12,20,29H,1-3H3. The predicted octanol–water partition coefficient (Wildman–Crippen LogP) is 5.30. The minimum Gasteiger partial charge on any atom is -0.503 e. The molecule has 33 heavy (non-hydrogen) atoms. The first-order chi connectivity index (χ1) is 15.9. The number of benzene rings is 2. The number of Topliss-reactive ketones (excluding diaryl/α,β-unsaturated/α-hetero) is 1. The molecule has 4 aromatic rings. The molecule has 0 spiro atoms. The van der Waals surface area contributed by atoms with Crippen molar-refractivity contribution in [2.75, 3.05) is 12.0 Å². The highest BCUT2D eigenvalue weighted by molar-refractivity contribution is 7.15. The predicted molar refractivity (Wildman–Crippen MR) is 125 cm³/mol. The number of hydrogen-bond acceptors (Lipinski definition) is 7. The van der Waals surface area contributed by atoms with Crippen molar-refractivity contribution < 1.29 is 23.8 Å². The zero-order chi connectivity index (χ0) is 23.3. The Balaban J connectivity index is 1.66. The van der Waals surface area contributed by atoms with Gasteiger partial charge in [0.1, 0.15) is 0 Å². The number of methoxy groups -OCH3 is 1. The number of aliphatic hydroxyl groups is 1. The first kappa shape index (κ1) is 21.0. The lowest BCUT2D eigenvalue weighted by atomic mass is 9.95. The lowest BCUT2D eigenvalue weighted by Gasteiger charge is -2.24. The number of carbonyl (C=O) groups is 2. The smallest absolute Gasteiger partial charge is 0.296 e. The number of thiazole rings is 1. The van der Waals surface area contributed by atoms with Gasteiger partial charge in [-0.1, -0.05) is 42.5 Å². The van der Waals surface area contributed by atoms with Gasteiger partial charge >= 0.3 is 0 Å². The molecule has 1 N–H and O–H groups in total. The van der Waals surface area contributed by atoms with Crippen LogP contribution in [-0.2, 0) is 4.79 Å². The van der Waals surface area contributed by atoms with E-state index in [1.807, 2.05) is 44.2 Å². The molecule has 8 heteroatoms. The average molecular weight is 461 g/mol. The number of aryl methyl sites for hydroxylation is 2. The summed E-state index contributed by atoms with van der Waals surface area (Å²) in [5.41, 5.74) is 1.84. The first-order valence-electron chi connectivity index (χ1n) is 10.3. The molecule has 1 aliphatic rings. The van der Waals surface area contributed by atoms with Crippen LogP contribution in [0.15, 0.2) is 70.3 Å². The van der Waals surface area contributed by atoms with Gasteiger partial charge in [0.2, 0.25) is 5.78 Å². The third-order valence-corrected chi connectivity index (χ3v) is 6.82. The van der Waals surface area contributed by atoms with Gasteiger partial charge in [-0.15, -0.1) is 11.3 Å². The summed E-state index contributed by atoms with van der Waals surface area (Å²) < 4.78 is 11.2. The third-order valence-electron chi connectivity index (χ3n) is 5.74. The third kappa shape index (κ3) is 3.30. The van der Waals surface area contributed by atoms with Crippen LogP contribution < -0.4 is 9.64 Å². The Bertz CT molecular complexity index is 1410. The Hall–Kier alpha value is -3.91. The summed E-state index contributed by atoms with van der Waals surface area (Å²) in [6, 6.07) is 15.2. The minimum absolute atomic E-state index is 0.0122. The maximum Gasteiger partial charge on any atom is 0.296 e. The fourth-order valence-electron chi connectivity index (χ4n) is 3.99. The van der Waals surface area contributed by atoms with Gasteiger partial charge in [0.15, 0.2) is 28.0 Å². The van der Waals surface area contributed by atoms with E-state index in [9.17, 15) is 14.7 Å². The van der Waals surface area contributed by atoms with Crippen molar-refractivity contribution in [2.45, 2.75) is 19.9 Å². The molecule has 3 heterocycles. The first-order valence-corrected chi connectivity index (χ1v) is 11.1. The Morgan fingerprint density at radius 1 is 1.15 bits per heavy atom. The molecule has 0 saturated carbocycles. The minimum atomic E-state index is -0.841.